The Labute approximate surface area is 161 Å². The Bertz CT molecular complexity index is 910. The molecule has 0 spiro atoms. The minimum Gasteiger partial charge on any atom is -0.508 e. The zero-order valence-electron chi connectivity index (χ0n) is 14.6. The highest BCUT2D eigenvalue weighted by atomic mass is 35.5. The van der Waals surface area contributed by atoms with Gasteiger partial charge in [-0.15, -0.1) is 0 Å². The number of aliphatic hydroxyl groups excluding tert-OH is 1. The molecule has 0 fully saturated rings. The maximum Gasteiger partial charge on any atom is 0.271 e. The lowest BCUT2D eigenvalue weighted by atomic mass is 10.0. The molecule has 2 rings (SSSR count). The molecule has 0 unspecified atom stereocenters. The Morgan fingerprint density at radius 1 is 1.30 bits per heavy atom. The number of aromatic nitrogens is 1. The van der Waals surface area contributed by atoms with Gasteiger partial charge in [0.1, 0.15) is 22.8 Å². The molecule has 0 saturated carbocycles. The highest BCUT2D eigenvalue weighted by Gasteiger charge is 2.26. The zero-order chi connectivity index (χ0) is 20.0. The number of amides is 1. The fourth-order valence-corrected chi connectivity index (χ4v) is 2.52. The maximum absolute atomic E-state index is 12.3. The first-order valence-electron chi connectivity index (χ1n) is 8.05. The highest BCUT2D eigenvalue weighted by molar-refractivity contribution is 6.30. The molecule has 0 aliphatic carbocycles. The smallest absolute Gasteiger partial charge is 0.271 e. The van der Waals surface area contributed by atoms with Crippen LogP contribution < -0.4 is 5.32 Å². The summed E-state index contributed by atoms with van der Waals surface area (Å²) in [5.74, 6) is -0.820. The second-order valence-electron chi connectivity index (χ2n) is 6.27. The normalized spacial score (nSPS) is 12.7. The number of carbonyl (C=O) groups is 2. The second kappa shape index (κ2) is 8.62. The highest BCUT2D eigenvalue weighted by Crippen LogP contribution is 2.22. The van der Waals surface area contributed by atoms with Crippen LogP contribution in [-0.2, 0) is 17.6 Å². The van der Waals surface area contributed by atoms with E-state index in [-0.39, 0.29) is 30.1 Å². The molecule has 1 heterocycles. The molecule has 0 radical (unpaired) electrons. The van der Waals surface area contributed by atoms with Crippen molar-refractivity contribution >= 4 is 23.3 Å². The summed E-state index contributed by atoms with van der Waals surface area (Å²) in [5, 5.41) is 30.8. The Morgan fingerprint density at radius 3 is 2.70 bits per heavy atom. The van der Waals surface area contributed by atoms with Crippen LogP contribution in [0.3, 0.4) is 0 Å². The minimum atomic E-state index is -1.42. The maximum atomic E-state index is 12.3. The summed E-state index contributed by atoms with van der Waals surface area (Å²) in [6, 6.07) is 9.34. The summed E-state index contributed by atoms with van der Waals surface area (Å²) in [5.41, 5.74) is -0.410. The number of aromatic hydroxyl groups is 1. The number of nitriles is 1. The van der Waals surface area contributed by atoms with Crippen LogP contribution in [0, 0.1) is 11.3 Å². The van der Waals surface area contributed by atoms with Gasteiger partial charge in [0.25, 0.3) is 5.91 Å². The van der Waals surface area contributed by atoms with Gasteiger partial charge in [0.2, 0.25) is 0 Å². The van der Waals surface area contributed by atoms with Crippen LogP contribution in [0.1, 0.15) is 28.5 Å². The van der Waals surface area contributed by atoms with Crippen molar-refractivity contribution < 1.29 is 19.8 Å². The van der Waals surface area contributed by atoms with Crippen molar-refractivity contribution in [3.05, 3.63) is 58.4 Å². The van der Waals surface area contributed by atoms with Crippen LogP contribution in [0.4, 0.5) is 0 Å². The van der Waals surface area contributed by atoms with Crippen molar-refractivity contribution in [2.45, 2.75) is 25.3 Å². The van der Waals surface area contributed by atoms with Crippen molar-refractivity contribution in [1.29, 1.82) is 5.26 Å². The Morgan fingerprint density at radius 2 is 2.04 bits per heavy atom. The fraction of sp³-hybridized carbons (Fsp3) is 0.263. The Balaban J connectivity index is 2.09. The SMILES string of the molecule is C[C@](C#N)(CO)NC(=O)c1cc(CC(=O)Cc2cc(Cl)ccc2O)ccn1. The van der Waals surface area contributed by atoms with Gasteiger partial charge in [-0.2, -0.15) is 5.26 Å². The molecular formula is C19H18ClN3O4. The lowest BCUT2D eigenvalue weighted by Gasteiger charge is -2.20. The van der Waals surface area contributed by atoms with E-state index in [1.54, 1.807) is 6.07 Å². The summed E-state index contributed by atoms with van der Waals surface area (Å²) in [7, 11) is 0. The molecule has 0 aliphatic heterocycles. The van der Waals surface area contributed by atoms with Crippen LogP contribution >= 0.6 is 11.6 Å². The van der Waals surface area contributed by atoms with Gasteiger partial charge >= 0.3 is 0 Å². The summed E-state index contributed by atoms with van der Waals surface area (Å²) in [6.07, 6.45) is 1.41. The summed E-state index contributed by atoms with van der Waals surface area (Å²) < 4.78 is 0. The van der Waals surface area contributed by atoms with Gasteiger partial charge in [-0.25, -0.2) is 0 Å². The second-order valence-corrected chi connectivity index (χ2v) is 6.71. The standard InChI is InChI=1S/C19H18ClN3O4/c1-19(10-21,11-24)23-18(27)16-7-12(4-5-22-16)6-15(25)9-13-8-14(20)2-3-17(13)26/h2-5,7-8,24,26H,6,9,11H2,1H3,(H,23,27)/t19-/m0/s1. The largest absolute Gasteiger partial charge is 0.508 e. The molecule has 0 aliphatic rings. The quantitative estimate of drug-likeness (QED) is 0.665. The minimum absolute atomic E-state index is 0.00668. The fourth-order valence-electron chi connectivity index (χ4n) is 2.32. The van der Waals surface area contributed by atoms with E-state index in [4.69, 9.17) is 16.9 Å². The van der Waals surface area contributed by atoms with E-state index in [0.717, 1.165) is 0 Å². The number of aliphatic hydroxyl groups is 1. The first-order chi connectivity index (χ1) is 12.8. The molecule has 140 valence electrons. The third-order valence-electron chi connectivity index (χ3n) is 3.84. The molecule has 0 bridgehead atoms. The van der Waals surface area contributed by atoms with Crippen molar-refractivity contribution in [1.82, 2.24) is 10.3 Å². The topological polar surface area (TPSA) is 123 Å². The average molecular weight is 388 g/mol. The number of carbonyl (C=O) groups excluding carboxylic acids is 2. The van der Waals surface area contributed by atoms with Crippen molar-refractivity contribution in [2.24, 2.45) is 0 Å². The third kappa shape index (κ3) is 5.51. The summed E-state index contributed by atoms with van der Waals surface area (Å²) >= 11 is 5.88. The van der Waals surface area contributed by atoms with Gasteiger partial charge in [-0.3, -0.25) is 14.6 Å². The molecule has 7 nitrogen and oxygen atoms in total. The van der Waals surface area contributed by atoms with Crippen molar-refractivity contribution in [3.8, 4) is 11.8 Å². The molecule has 1 amide bonds. The molecule has 2 aromatic rings. The Kier molecular flexibility index (Phi) is 6.50. The number of rotatable bonds is 7. The molecule has 27 heavy (non-hydrogen) atoms. The van der Waals surface area contributed by atoms with Crippen LogP contribution in [0.2, 0.25) is 5.02 Å². The summed E-state index contributed by atoms with van der Waals surface area (Å²) in [4.78, 5) is 28.5. The predicted molar refractivity (Wildman–Crippen MR) is 98.3 cm³/mol. The summed E-state index contributed by atoms with van der Waals surface area (Å²) in [6.45, 7) is 0.840. The van der Waals surface area contributed by atoms with Crippen molar-refractivity contribution in [2.75, 3.05) is 6.61 Å². The van der Waals surface area contributed by atoms with Gasteiger partial charge in [-0.1, -0.05) is 11.6 Å². The lowest BCUT2D eigenvalue weighted by Crippen LogP contribution is -2.48. The molecule has 1 aromatic heterocycles. The van der Waals surface area contributed by atoms with Crippen LogP contribution in [0.5, 0.6) is 5.75 Å². The number of halogens is 1. The number of benzene rings is 1. The molecule has 0 saturated heterocycles. The van der Waals surface area contributed by atoms with E-state index < -0.39 is 18.1 Å². The first-order valence-corrected chi connectivity index (χ1v) is 8.43. The van der Waals surface area contributed by atoms with Gasteiger partial charge < -0.3 is 15.5 Å². The zero-order valence-corrected chi connectivity index (χ0v) is 15.3. The van der Waals surface area contributed by atoms with Crippen LogP contribution in [0.25, 0.3) is 0 Å². The number of nitrogens with zero attached hydrogens (tertiary/aromatic N) is 2. The molecule has 1 atom stereocenters. The van der Waals surface area contributed by atoms with Gasteiger partial charge in [0.05, 0.1) is 12.7 Å². The number of ketones is 1. The average Bonchev–Trinajstić information content (AvgIpc) is 2.64. The number of nitrogens with one attached hydrogen (secondary N) is 1. The van der Waals surface area contributed by atoms with Gasteiger partial charge in [0.15, 0.2) is 0 Å². The molecule has 1 aromatic carbocycles. The van der Waals surface area contributed by atoms with E-state index in [9.17, 15) is 19.8 Å². The number of Topliss-reactive ketones (excluding diaryl/α,β-unsaturated/α-hetero) is 1. The van der Waals surface area contributed by atoms with Crippen LogP contribution in [-0.4, -0.2) is 39.0 Å². The van der Waals surface area contributed by atoms with Gasteiger partial charge in [0, 0.05) is 29.6 Å². The number of pyridine rings is 1. The first kappa shape index (κ1) is 20.4. The number of phenols is 1. The predicted octanol–water partition coefficient (Wildman–Crippen LogP) is 1.80. The van der Waals surface area contributed by atoms with E-state index in [1.807, 2.05) is 6.07 Å². The molecular weight excluding hydrogens is 370 g/mol. The number of phenolic OH excluding ortho intramolecular Hbond substituents is 1. The number of hydrogen-bond donors (Lipinski definition) is 3. The number of hydrogen-bond acceptors (Lipinski definition) is 6. The monoisotopic (exact) mass is 387 g/mol. The van der Waals surface area contributed by atoms with Gasteiger partial charge in [-0.05, 0) is 42.8 Å². The van der Waals surface area contributed by atoms with E-state index in [0.29, 0.717) is 16.1 Å². The third-order valence-corrected chi connectivity index (χ3v) is 4.07. The lowest BCUT2D eigenvalue weighted by molar-refractivity contribution is -0.117. The Hall–Kier alpha value is -2.95. The van der Waals surface area contributed by atoms with Crippen molar-refractivity contribution in [3.63, 3.8) is 0 Å². The van der Waals surface area contributed by atoms with E-state index in [1.165, 1.54) is 37.4 Å². The molecule has 8 heteroatoms. The molecule has 3 N–H and O–H groups in total. The van der Waals surface area contributed by atoms with Crippen LogP contribution in [0.15, 0.2) is 36.5 Å². The van der Waals surface area contributed by atoms with E-state index in [2.05, 4.69) is 10.3 Å². The van der Waals surface area contributed by atoms with E-state index >= 15 is 0 Å².